The zero-order valence-corrected chi connectivity index (χ0v) is 19.3. The van der Waals surface area contributed by atoms with Gasteiger partial charge in [0.25, 0.3) is 0 Å². The number of hydrogen-bond donors (Lipinski definition) is 0. The van der Waals surface area contributed by atoms with Crippen LogP contribution in [-0.2, 0) is 6.42 Å². The van der Waals surface area contributed by atoms with E-state index in [0.29, 0.717) is 5.92 Å². The zero-order chi connectivity index (χ0) is 21.3. The van der Waals surface area contributed by atoms with E-state index >= 15 is 0 Å². The Morgan fingerprint density at radius 1 is 1.17 bits per heavy atom. The molecule has 1 unspecified atom stereocenters. The van der Waals surface area contributed by atoms with Gasteiger partial charge in [-0.2, -0.15) is 0 Å². The van der Waals surface area contributed by atoms with Gasteiger partial charge < -0.3 is 9.80 Å². The van der Waals surface area contributed by atoms with Crippen LogP contribution < -0.4 is 0 Å². The maximum Gasteiger partial charge on any atom is 0.0727 e. The van der Waals surface area contributed by atoms with E-state index < -0.39 is 0 Å². The summed E-state index contributed by atoms with van der Waals surface area (Å²) in [5.74, 6) is 0.496. The lowest BCUT2D eigenvalue weighted by molar-refractivity contribution is 0.209. The highest BCUT2D eigenvalue weighted by Gasteiger charge is 2.24. The van der Waals surface area contributed by atoms with Gasteiger partial charge >= 0.3 is 0 Å². The molecule has 160 valence electrons. The van der Waals surface area contributed by atoms with E-state index in [1.807, 2.05) is 0 Å². The number of hydrogen-bond acceptors (Lipinski definition) is 3. The Bertz CT molecular complexity index is 956. The van der Waals surface area contributed by atoms with Crippen LogP contribution in [0, 0.1) is 0 Å². The molecular weight excluding hydrogens is 390 g/mol. The number of fused-ring (bicyclic) bond motifs is 2. The molecule has 0 N–H and O–H groups in total. The fourth-order valence-electron chi connectivity index (χ4n) is 4.89. The highest BCUT2D eigenvalue weighted by Crippen LogP contribution is 2.39. The smallest absolute Gasteiger partial charge is 0.0727 e. The SMILES string of the molecule is C=C(CCCC)N1CCN(C(=C)c2ccc3c(Cl)c4c(nc3c2)CCCC4C)CC1. The maximum absolute atomic E-state index is 6.83. The number of unbranched alkanes of at least 4 members (excludes halogenated alkanes) is 1. The Morgan fingerprint density at radius 2 is 1.90 bits per heavy atom. The number of pyridine rings is 1. The third kappa shape index (κ3) is 4.09. The molecule has 0 saturated carbocycles. The number of aryl methyl sites for hydroxylation is 1. The van der Waals surface area contributed by atoms with Crippen molar-refractivity contribution >= 4 is 28.2 Å². The van der Waals surface area contributed by atoms with Crippen LogP contribution in [-0.4, -0.2) is 41.0 Å². The van der Waals surface area contributed by atoms with Crippen LogP contribution >= 0.6 is 11.6 Å². The Balaban J connectivity index is 1.51. The third-order valence-corrected chi connectivity index (χ3v) is 7.25. The second kappa shape index (κ2) is 9.01. The van der Waals surface area contributed by atoms with Crippen molar-refractivity contribution in [1.82, 2.24) is 14.8 Å². The van der Waals surface area contributed by atoms with Crippen molar-refractivity contribution in [3.05, 3.63) is 58.9 Å². The lowest BCUT2D eigenvalue weighted by Crippen LogP contribution is -2.44. The standard InChI is InChI=1S/C26H34ClN3/c1-5-6-9-19(3)29-13-15-30(16-14-29)20(4)21-11-12-22-24(17-21)28-23-10-7-8-18(2)25(23)26(22)27/h11-12,17-18H,3-10,13-16H2,1-2H3. The molecule has 30 heavy (non-hydrogen) atoms. The molecule has 0 radical (unpaired) electrons. The van der Waals surface area contributed by atoms with Gasteiger partial charge in [-0.05, 0) is 55.2 Å². The Morgan fingerprint density at radius 3 is 2.63 bits per heavy atom. The van der Waals surface area contributed by atoms with E-state index in [0.717, 1.165) is 66.2 Å². The summed E-state index contributed by atoms with van der Waals surface area (Å²) in [5.41, 5.74) is 6.96. The summed E-state index contributed by atoms with van der Waals surface area (Å²) in [6, 6.07) is 6.47. The minimum Gasteiger partial charge on any atom is -0.372 e. The average molecular weight is 424 g/mol. The Kier molecular flexibility index (Phi) is 6.38. The lowest BCUT2D eigenvalue weighted by atomic mass is 9.86. The molecule has 2 aromatic rings. The summed E-state index contributed by atoms with van der Waals surface area (Å²) >= 11 is 6.83. The number of halogens is 1. The van der Waals surface area contributed by atoms with E-state index in [-0.39, 0.29) is 0 Å². The number of benzene rings is 1. The van der Waals surface area contributed by atoms with Crippen molar-refractivity contribution in [3.63, 3.8) is 0 Å². The topological polar surface area (TPSA) is 19.4 Å². The van der Waals surface area contributed by atoms with Crippen LogP contribution in [0.5, 0.6) is 0 Å². The van der Waals surface area contributed by atoms with Gasteiger partial charge in [0.15, 0.2) is 0 Å². The fourth-order valence-corrected chi connectivity index (χ4v) is 5.35. The number of piperazine rings is 1. The molecule has 0 spiro atoms. The predicted molar refractivity (Wildman–Crippen MR) is 129 cm³/mol. The summed E-state index contributed by atoms with van der Waals surface area (Å²) in [5, 5.41) is 1.97. The number of rotatable bonds is 6. The van der Waals surface area contributed by atoms with Gasteiger partial charge in [0, 0.05) is 48.7 Å². The molecule has 2 heterocycles. The van der Waals surface area contributed by atoms with Crippen molar-refractivity contribution < 1.29 is 0 Å². The molecule has 4 rings (SSSR count). The first-order chi connectivity index (χ1) is 14.5. The molecule has 1 aliphatic carbocycles. The Hall–Kier alpha value is -2.00. The van der Waals surface area contributed by atoms with Crippen molar-refractivity contribution in [1.29, 1.82) is 0 Å². The molecular formula is C26H34ClN3. The molecule has 0 bridgehead atoms. The number of nitrogens with zero attached hydrogens (tertiary/aromatic N) is 3. The molecule has 1 aromatic heterocycles. The minimum atomic E-state index is 0.496. The van der Waals surface area contributed by atoms with Crippen LogP contribution in [0.4, 0.5) is 0 Å². The second-order valence-electron chi connectivity index (χ2n) is 8.90. The summed E-state index contributed by atoms with van der Waals surface area (Å²) in [7, 11) is 0. The van der Waals surface area contributed by atoms with Gasteiger partial charge in [0.05, 0.1) is 10.5 Å². The van der Waals surface area contributed by atoms with E-state index in [2.05, 4.69) is 55.0 Å². The monoisotopic (exact) mass is 423 g/mol. The second-order valence-corrected chi connectivity index (χ2v) is 9.28. The fraction of sp³-hybridized carbons (Fsp3) is 0.500. The molecule has 4 heteroatoms. The first kappa shape index (κ1) is 21.2. The first-order valence-electron chi connectivity index (χ1n) is 11.5. The molecule has 1 saturated heterocycles. The van der Waals surface area contributed by atoms with E-state index in [9.17, 15) is 0 Å². The number of allylic oxidation sites excluding steroid dienone is 1. The first-order valence-corrected chi connectivity index (χ1v) is 11.9. The van der Waals surface area contributed by atoms with Crippen molar-refractivity contribution in [2.24, 2.45) is 0 Å². The predicted octanol–water partition coefficient (Wildman–Crippen LogP) is 6.62. The van der Waals surface area contributed by atoms with Gasteiger partial charge in [-0.3, -0.25) is 4.98 Å². The summed E-state index contributed by atoms with van der Waals surface area (Å²) in [6.45, 7) is 17.2. The van der Waals surface area contributed by atoms with Crippen LogP contribution in [0.25, 0.3) is 16.6 Å². The van der Waals surface area contributed by atoms with Crippen molar-refractivity contribution in [2.45, 2.75) is 58.3 Å². The highest BCUT2D eigenvalue weighted by molar-refractivity contribution is 6.36. The zero-order valence-electron chi connectivity index (χ0n) is 18.5. The summed E-state index contributed by atoms with van der Waals surface area (Å²) in [4.78, 5) is 9.85. The summed E-state index contributed by atoms with van der Waals surface area (Å²) in [6.07, 6.45) is 6.98. The molecule has 3 nitrogen and oxygen atoms in total. The molecule has 1 fully saturated rings. The van der Waals surface area contributed by atoms with Crippen LogP contribution in [0.15, 0.2) is 37.1 Å². The molecule has 2 aliphatic rings. The van der Waals surface area contributed by atoms with Crippen LogP contribution in [0.2, 0.25) is 5.02 Å². The van der Waals surface area contributed by atoms with Gasteiger partial charge in [0.2, 0.25) is 0 Å². The molecule has 0 amide bonds. The third-order valence-electron chi connectivity index (χ3n) is 6.84. The average Bonchev–Trinajstić information content (AvgIpc) is 2.76. The van der Waals surface area contributed by atoms with Gasteiger partial charge in [-0.15, -0.1) is 0 Å². The van der Waals surface area contributed by atoms with Crippen molar-refractivity contribution in [2.75, 3.05) is 26.2 Å². The van der Waals surface area contributed by atoms with E-state index in [4.69, 9.17) is 16.6 Å². The number of aromatic nitrogens is 1. The molecule has 1 atom stereocenters. The quantitative estimate of drug-likeness (QED) is 0.520. The van der Waals surface area contributed by atoms with Gasteiger partial charge in [-0.25, -0.2) is 0 Å². The highest BCUT2D eigenvalue weighted by atomic mass is 35.5. The molecule has 1 aliphatic heterocycles. The van der Waals surface area contributed by atoms with Crippen molar-refractivity contribution in [3.8, 4) is 0 Å². The summed E-state index contributed by atoms with van der Waals surface area (Å²) < 4.78 is 0. The Labute approximate surface area is 186 Å². The van der Waals surface area contributed by atoms with Gasteiger partial charge in [0.1, 0.15) is 0 Å². The largest absolute Gasteiger partial charge is 0.372 e. The lowest BCUT2D eigenvalue weighted by Gasteiger charge is -2.39. The van der Waals surface area contributed by atoms with Crippen LogP contribution in [0.3, 0.4) is 0 Å². The normalized spacial score (nSPS) is 19.1. The maximum atomic E-state index is 6.83. The van der Waals surface area contributed by atoms with E-state index in [1.54, 1.807) is 0 Å². The van der Waals surface area contributed by atoms with Gasteiger partial charge in [-0.1, -0.05) is 57.2 Å². The van der Waals surface area contributed by atoms with E-state index in [1.165, 1.54) is 42.6 Å². The molecule has 1 aromatic carbocycles. The minimum absolute atomic E-state index is 0.496. The van der Waals surface area contributed by atoms with Crippen LogP contribution in [0.1, 0.15) is 68.7 Å².